The summed E-state index contributed by atoms with van der Waals surface area (Å²) in [6.07, 6.45) is 1.06. The SMILES string of the molecule is CCC(C)CNc1ccc(OC)c(OC(F)F)c1. The number of hydrogen-bond acceptors (Lipinski definition) is 3. The molecule has 1 atom stereocenters. The smallest absolute Gasteiger partial charge is 0.387 e. The molecule has 0 heterocycles. The topological polar surface area (TPSA) is 30.5 Å². The minimum Gasteiger partial charge on any atom is -0.493 e. The second kappa shape index (κ2) is 7.03. The van der Waals surface area contributed by atoms with Crippen molar-refractivity contribution in [3.63, 3.8) is 0 Å². The van der Waals surface area contributed by atoms with E-state index in [1.165, 1.54) is 13.2 Å². The number of halogens is 2. The molecule has 1 unspecified atom stereocenters. The third-order valence-electron chi connectivity index (χ3n) is 2.73. The van der Waals surface area contributed by atoms with Gasteiger partial charge in [-0.1, -0.05) is 20.3 Å². The van der Waals surface area contributed by atoms with Crippen LogP contribution in [0.1, 0.15) is 20.3 Å². The van der Waals surface area contributed by atoms with Gasteiger partial charge >= 0.3 is 6.61 Å². The van der Waals surface area contributed by atoms with Crippen molar-refractivity contribution in [1.82, 2.24) is 0 Å². The molecule has 0 amide bonds. The molecule has 0 aromatic heterocycles. The highest BCUT2D eigenvalue weighted by Crippen LogP contribution is 2.31. The number of methoxy groups -OCH3 is 1. The lowest BCUT2D eigenvalue weighted by Crippen LogP contribution is -2.10. The summed E-state index contributed by atoms with van der Waals surface area (Å²) in [5, 5.41) is 3.18. The molecule has 3 nitrogen and oxygen atoms in total. The Morgan fingerprint density at radius 1 is 1.28 bits per heavy atom. The fraction of sp³-hybridized carbons (Fsp3) is 0.538. The highest BCUT2D eigenvalue weighted by atomic mass is 19.3. The van der Waals surface area contributed by atoms with Gasteiger partial charge in [0.25, 0.3) is 0 Å². The van der Waals surface area contributed by atoms with Gasteiger partial charge in [-0.05, 0) is 18.1 Å². The largest absolute Gasteiger partial charge is 0.493 e. The van der Waals surface area contributed by atoms with Gasteiger partial charge in [0.1, 0.15) is 0 Å². The van der Waals surface area contributed by atoms with Crippen LogP contribution in [0.5, 0.6) is 11.5 Å². The quantitative estimate of drug-likeness (QED) is 0.808. The Hall–Kier alpha value is -1.52. The molecule has 0 saturated heterocycles. The van der Waals surface area contributed by atoms with Crippen molar-refractivity contribution < 1.29 is 18.3 Å². The van der Waals surface area contributed by atoms with Crippen molar-refractivity contribution >= 4 is 5.69 Å². The first-order chi connectivity index (χ1) is 8.56. The van der Waals surface area contributed by atoms with Crippen LogP contribution in [0.2, 0.25) is 0 Å². The lowest BCUT2D eigenvalue weighted by atomic mass is 10.1. The first-order valence-corrected chi connectivity index (χ1v) is 5.93. The predicted octanol–water partition coefficient (Wildman–Crippen LogP) is 3.75. The molecular weight excluding hydrogens is 240 g/mol. The Bertz CT molecular complexity index is 372. The number of rotatable bonds is 7. The summed E-state index contributed by atoms with van der Waals surface area (Å²) in [5.74, 6) is 0.859. The van der Waals surface area contributed by atoms with E-state index in [4.69, 9.17) is 4.74 Å². The van der Waals surface area contributed by atoms with Crippen molar-refractivity contribution in [2.45, 2.75) is 26.9 Å². The summed E-state index contributed by atoms with van der Waals surface area (Å²) >= 11 is 0. The van der Waals surface area contributed by atoms with E-state index in [9.17, 15) is 8.78 Å². The molecular formula is C13H19F2NO2. The van der Waals surface area contributed by atoms with E-state index >= 15 is 0 Å². The van der Waals surface area contributed by atoms with Crippen molar-refractivity contribution in [2.24, 2.45) is 5.92 Å². The Kier molecular flexibility index (Phi) is 5.68. The van der Waals surface area contributed by atoms with Gasteiger partial charge in [0.05, 0.1) is 7.11 Å². The van der Waals surface area contributed by atoms with Crippen molar-refractivity contribution in [2.75, 3.05) is 19.0 Å². The zero-order chi connectivity index (χ0) is 13.5. The van der Waals surface area contributed by atoms with Crippen LogP contribution in [-0.2, 0) is 0 Å². The minimum atomic E-state index is -2.86. The number of anilines is 1. The van der Waals surface area contributed by atoms with Gasteiger partial charge in [0.15, 0.2) is 11.5 Å². The molecule has 5 heteroatoms. The van der Waals surface area contributed by atoms with E-state index in [0.717, 1.165) is 18.7 Å². The monoisotopic (exact) mass is 259 g/mol. The van der Waals surface area contributed by atoms with Gasteiger partial charge in [0, 0.05) is 18.3 Å². The van der Waals surface area contributed by atoms with Crippen LogP contribution < -0.4 is 14.8 Å². The predicted molar refractivity (Wildman–Crippen MR) is 67.6 cm³/mol. The average Bonchev–Trinajstić information content (AvgIpc) is 2.35. The maximum Gasteiger partial charge on any atom is 0.387 e. The Morgan fingerprint density at radius 3 is 2.56 bits per heavy atom. The first kappa shape index (κ1) is 14.5. The zero-order valence-electron chi connectivity index (χ0n) is 10.9. The third kappa shape index (κ3) is 4.39. The van der Waals surface area contributed by atoms with E-state index in [1.54, 1.807) is 12.1 Å². The molecule has 102 valence electrons. The van der Waals surface area contributed by atoms with Gasteiger partial charge in [-0.15, -0.1) is 0 Å². The second-order valence-corrected chi connectivity index (χ2v) is 4.14. The fourth-order valence-corrected chi connectivity index (χ4v) is 1.41. The summed E-state index contributed by atoms with van der Waals surface area (Å²) in [6, 6.07) is 4.91. The molecule has 1 aromatic carbocycles. The number of benzene rings is 1. The van der Waals surface area contributed by atoms with Gasteiger partial charge < -0.3 is 14.8 Å². The minimum absolute atomic E-state index is 0.0432. The lowest BCUT2D eigenvalue weighted by Gasteiger charge is -2.14. The van der Waals surface area contributed by atoms with E-state index in [1.807, 2.05) is 0 Å². The third-order valence-corrected chi connectivity index (χ3v) is 2.73. The van der Waals surface area contributed by atoms with Crippen LogP contribution >= 0.6 is 0 Å². The molecule has 0 spiro atoms. The molecule has 1 aromatic rings. The Morgan fingerprint density at radius 2 is 2.00 bits per heavy atom. The number of nitrogens with one attached hydrogen (secondary N) is 1. The van der Waals surface area contributed by atoms with E-state index in [2.05, 4.69) is 23.9 Å². The normalized spacial score (nSPS) is 12.3. The maximum atomic E-state index is 12.2. The summed E-state index contributed by atoms with van der Waals surface area (Å²) in [7, 11) is 1.42. The van der Waals surface area contributed by atoms with Gasteiger partial charge in [-0.2, -0.15) is 8.78 Å². The molecule has 1 N–H and O–H groups in total. The van der Waals surface area contributed by atoms with E-state index in [0.29, 0.717) is 11.7 Å². The van der Waals surface area contributed by atoms with Crippen LogP contribution in [0, 0.1) is 5.92 Å². The standard InChI is InChI=1S/C13H19F2NO2/c1-4-9(2)8-16-10-5-6-11(17-3)12(7-10)18-13(14)15/h5-7,9,13,16H,4,8H2,1-3H3. The van der Waals surface area contributed by atoms with E-state index in [-0.39, 0.29) is 5.75 Å². The molecule has 0 aliphatic carbocycles. The molecule has 0 bridgehead atoms. The Labute approximate surface area is 106 Å². The maximum absolute atomic E-state index is 12.2. The molecule has 0 aliphatic heterocycles. The van der Waals surface area contributed by atoms with Crippen LogP contribution in [-0.4, -0.2) is 20.3 Å². The number of hydrogen-bond donors (Lipinski definition) is 1. The summed E-state index contributed by atoms with van der Waals surface area (Å²) < 4.78 is 33.9. The van der Waals surface area contributed by atoms with Gasteiger partial charge in [-0.3, -0.25) is 0 Å². The van der Waals surface area contributed by atoms with Crippen LogP contribution in [0.4, 0.5) is 14.5 Å². The summed E-state index contributed by atoms with van der Waals surface area (Å²) in [5.41, 5.74) is 0.742. The highest BCUT2D eigenvalue weighted by molar-refractivity contribution is 5.54. The Balaban J connectivity index is 2.75. The summed E-state index contributed by atoms with van der Waals surface area (Å²) in [6.45, 7) is 2.15. The lowest BCUT2D eigenvalue weighted by molar-refractivity contribution is -0.0511. The average molecular weight is 259 g/mol. The fourth-order valence-electron chi connectivity index (χ4n) is 1.41. The van der Waals surface area contributed by atoms with Crippen molar-refractivity contribution in [3.05, 3.63) is 18.2 Å². The molecule has 0 fully saturated rings. The number of alkyl halides is 2. The first-order valence-electron chi connectivity index (χ1n) is 5.93. The molecule has 0 saturated carbocycles. The second-order valence-electron chi connectivity index (χ2n) is 4.14. The van der Waals surface area contributed by atoms with Crippen LogP contribution in [0.25, 0.3) is 0 Å². The molecule has 1 rings (SSSR count). The van der Waals surface area contributed by atoms with Crippen LogP contribution in [0.3, 0.4) is 0 Å². The molecule has 0 radical (unpaired) electrons. The molecule has 0 aliphatic rings. The number of ether oxygens (including phenoxy) is 2. The van der Waals surface area contributed by atoms with Gasteiger partial charge in [-0.25, -0.2) is 0 Å². The highest BCUT2D eigenvalue weighted by Gasteiger charge is 2.11. The zero-order valence-corrected chi connectivity index (χ0v) is 10.9. The van der Waals surface area contributed by atoms with Crippen LogP contribution in [0.15, 0.2) is 18.2 Å². The van der Waals surface area contributed by atoms with E-state index < -0.39 is 6.61 Å². The van der Waals surface area contributed by atoms with Gasteiger partial charge in [0.2, 0.25) is 0 Å². The summed E-state index contributed by atoms with van der Waals surface area (Å²) in [4.78, 5) is 0. The van der Waals surface area contributed by atoms with Crippen molar-refractivity contribution in [1.29, 1.82) is 0 Å². The molecule has 18 heavy (non-hydrogen) atoms. The van der Waals surface area contributed by atoms with Crippen molar-refractivity contribution in [3.8, 4) is 11.5 Å².